The molecule has 6 heteroatoms. The zero-order chi connectivity index (χ0) is 20.4. The zero-order valence-corrected chi connectivity index (χ0v) is 17.5. The van der Waals surface area contributed by atoms with Gasteiger partial charge in [0.05, 0.1) is 10.7 Å². The number of nitrogens with zero attached hydrogens (tertiary/aromatic N) is 3. The predicted molar refractivity (Wildman–Crippen MR) is 115 cm³/mol. The monoisotopic (exact) mass is 409 g/mol. The van der Waals surface area contributed by atoms with E-state index < -0.39 is 0 Å². The van der Waals surface area contributed by atoms with Gasteiger partial charge in [0.1, 0.15) is 10.7 Å². The smallest absolute Gasteiger partial charge is 0.265 e. The second-order valence-corrected chi connectivity index (χ2v) is 8.53. The van der Waals surface area contributed by atoms with Gasteiger partial charge in [-0.3, -0.25) is 4.79 Å². The number of rotatable bonds is 4. The molecule has 0 aliphatic carbocycles. The lowest BCUT2D eigenvalue weighted by Gasteiger charge is -2.36. The maximum atomic E-state index is 13.1. The van der Waals surface area contributed by atoms with Gasteiger partial charge in [0.25, 0.3) is 5.91 Å². The van der Waals surface area contributed by atoms with Gasteiger partial charge in [0.2, 0.25) is 0 Å². The van der Waals surface area contributed by atoms with Crippen LogP contribution < -0.4 is 4.90 Å². The van der Waals surface area contributed by atoms with Crippen molar-refractivity contribution in [2.45, 2.75) is 20.3 Å². The highest BCUT2D eigenvalue weighted by atomic mass is 32.1. The molecule has 0 N–H and O–H groups in total. The summed E-state index contributed by atoms with van der Waals surface area (Å²) in [5.74, 6) is -0.181. The molecule has 0 radical (unpaired) electrons. The normalized spacial score (nSPS) is 14.3. The van der Waals surface area contributed by atoms with E-state index in [0.717, 1.165) is 29.4 Å². The molecule has 2 heterocycles. The topological polar surface area (TPSA) is 36.4 Å². The van der Waals surface area contributed by atoms with Gasteiger partial charge in [-0.15, -0.1) is 11.3 Å². The van der Waals surface area contributed by atoms with Crippen molar-refractivity contribution in [1.82, 2.24) is 9.88 Å². The van der Waals surface area contributed by atoms with Crippen molar-refractivity contribution in [2.24, 2.45) is 0 Å². The summed E-state index contributed by atoms with van der Waals surface area (Å²) in [6.45, 7) is 7.06. The lowest BCUT2D eigenvalue weighted by atomic mass is 10.1. The van der Waals surface area contributed by atoms with Crippen LogP contribution in [0, 0.1) is 19.7 Å². The maximum Gasteiger partial charge on any atom is 0.265 e. The molecule has 1 saturated heterocycles. The molecule has 4 rings (SSSR count). The Morgan fingerprint density at radius 3 is 2.48 bits per heavy atom. The molecule has 1 aromatic heterocycles. The Hall–Kier alpha value is -2.73. The van der Waals surface area contributed by atoms with Gasteiger partial charge in [-0.2, -0.15) is 0 Å². The Morgan fingerprint density at radius 2 is 1.79 bits per heavy atom. The number of carbonyl (C=O) groups is 1. The summed E-state index contributed by atoms with van der Waals surface area (Å²) >= 11 is 1.45. The van der Waals surface area contributed by atoms with Gasteiger partial charge >= 0.3 is 0 Å². The standard InChI is InChI=1S/C23H24FN3OS/c1-16-4-3-5-20(14-16)26-10-12-27(13-11-26)23(28)22-17(2)25-21(29-22)15-18-6-8-19(24)9-7-18/h3-9,14H,10-13,15H2,1-2H3. The number of hydrogen-bond acceptors (Lipinski definition) is 4. The van der Waals surface area contributed by atoms with E-state index >= 15 is 0 Å². The van der Waals surface area contributed by atoms with Crippen LogP contribution in [0.25, 0.3) is 0 Å². The molecule has 2 aromatic carbocycles. The molecule has 0 bridgehead atoms. The number of carbonyl (C=O) groups excluding carboxylic acids is 1. The van der Waals surface area contributed by atoms with E-state index in [4.69, 9.17) is 0 Å². The summed E-state index contributed by atoms with van der Waals surface area (Å²) < 4.78 is 13.1. The summed E-state index contributed by atoms with van der Waals surface area (Å²) in [5.41, 5.74) is 4.23. The highest BCUT2D eigenvalue weighted by molar-refractivity contribution is 7.13. The molecule has 29 heavy (non-hydrogen) atoms. The zero-order valence-electron chi connectivity index (χ0n) is 16.7. The third-order valence-corrected chi connectivity index (χ3v) is 6.38. The Balaban J connectivity index is 1.41. The first kappa shape index (κ1) is 19.6. The van der Waals surface area contributed by atoms with Gasteiger partial charge in [-0.05, 0) is 49.2 Å². The van der Waals surface area contributed by atoms with Crippen molar-refractivity contribution in [2.75, 3.05) is 31.1 Å². The van der Waals surface area contributed by atoms with E-state index in [2.05, 4.69) is 41.1 Å². The van der Waals surface area contributed by atoms with Gasteiger partial charge < -0.3 is 9.80 Å². The number of aryl methyl sites for hydroxylation is 2. The van der Waals surface area contributed by atoms with Crippen molar-refractivity contribution in [1.29, 1.82) is 0 Å². The molecular formula is C23H24FN3OS. The predicted octanol–water partition coefficient (Wildman–Crippen LogP) is 4.45. The molecule has 1 aliphatic heterocycles. The van der Waals surface area contributed by atoms with Crippen molar-refractivity contribution in [3.05, 3.63) is 81.1 Å². The number of anilines is 1. The van der Waals surface area contributed by atoms with Gasteiger partial charge in [0.15, 0.2) is 0 Å². The van der Waals surface area contributed by atoms with Crippen LogP contribution in [0.5, 0.6) is 0 Å². The van der Waals surface area contributed by atoms with Crippen LogP contribution >= 0.6 is 11.3 Å². The Bertz CT molecular complexity index is 1010. The molecule has 0 unspecified atom stereocenters. The summed E-state index contributed by atoms with van der Waals surface area (Å²) in [6, 6.07) is 14.9. The van der Waals surface area contributed by atoms with Crippen LogP contribution in [0.1, 0.15) is 31.5 Å². The largest absolute Gasteiger partial charge is 0.368 e. The lowest BCUT2D eigenvalue weighted by molar-refractivity contribution is 0.0750. The fourth-order valence-corrected chi connectivity index (χ4v) is 4.71. The SMILES string of the molecule is Cc1cccc(N2CCN(C(=O)c3sc(Cc4ccc(F)cc4)nc3C)CC2)c1. The molecule has 1 amide bonds. The number of amides is 1. The highest BCUT2D eigenvalue weighted by Crippen LogP contribution is 2.24. The summed E-state index contributed by atoms with van der Waals surface area (Å²) in [5, 5.41) is 0.885. The Morgan fingerprint density at radius 1 is 1.07 bits per heavy atom. The third kappa shape index (κ3) is 4.48. The second-order valence-electron chi connectivity index (χ2n) is 7.44. The second kappa shape index (κ2) is 8.33. The van der Waals surface area contributed by atoms with Crippen molar-refractivity contribution in [3.63, 3.8) is 0 Å². The number of hydrogen-bond donors (Lipinski definition) is 0. The molecule has 0 saturated carbocycles. The van der Waals surface area contributed by atoms with Gasteiger partial charge in [-0.1, -0.05) is 24.3 Å². The number of thiazole rings is 1. The molecule has 3 aromatic rings. The van der Waals surface area contributed by atoms with E-state index in [-0.39, 0.29) is 11.7 Å². The Labute approximate surface area is 174 Å². The fraction of sp³-hybridized carbons (Fsp3) is 0.304. The van der Waals surface area contributed by atoms with Crippen LogP contribution in [0.4, 0.5) is 10.1 Å². The van der Waals surface area contributed by atoms with Crippen LogP contribution in [-0.2, 0) is 6.42 Å². The highest BCUT2D eigenvalue weighted by Gasteiger charge is 2.25. The number of halogens is 1. The first-order chi connectivity index (χ1) is 14.0. The lowest BCUT2D eigenvalue weighted by Crippen LogP contribution is -2.48. The summed E-state index contributed by atoms with van der Waals surface area (Å²) in [7, 11) is 0. The quantitative estimate of drug-likeness (QED) is 0.639. The van der Waals surface area contributed by atoms with Gasteiger partial charge in [0, 0.05) is 38.3 Å². The molecule has 1 fully saturated rings. The van der Waals surface area contributed by atoms with E-state index in [1.54, 1.807) is 12.1 Å². The minimum absolute atomic E-state index is 0.0641. The van der Waals surface area contributed by atoms with Crippen LogP contribution in [0.3, 0.4) is 0 Å². The number of aromatic nitrogens is 1. The molecule has 0 spiro atoms. The average molecular weight is 410 g/mol. The minimum Gasteiger partial charge on any atom is -0.368 e. The van der Waals surface area contributed by atoms with Crippen molar-refractivity contribution < 1.29 is 9.18 Å². The van der Waals surface area contributed by atoms with E-state index in [9.17, 15) is 9.18 Å². The van der Waals surface area contributed by atoms with Crippen molar-refractivity contribution in [3.8, 4) is 0 Å². The number of piperazine rings is 1. The first-order valence-electron chi connectivity index (χ1n) is 9.81. The molecule has 4 nitrogen and oxygen atoms in total. The maximum absolute atomic E-state index is 13.1. The third-order valence-electron chi connectivity index (χ3n) is 5.24. The Kier molecular flexibility index (Phi) is 5.62. The minimum atomic E-state index is -0.246. The molecule has 0 atom stereocenters. The summed E-state index contributed by atoms with van der Waals surface area (Å²) in [4.78, 5) is 22.6. The van der Waals surface area contributed by atoms with E-state index in [0.29, 0.717) is 24.4 Å². The molecular weight excluding hydrogens is 385 g/mol. The van der Waals surface area contributed by atoms with Crippen molar-refractivity contribution >= 4 is 22.9 Å². The van der Waals surface area contributed by atoms with E-state index in [1.165, 1.54) is 34.7 Å². The first-order valence-corrected chi connectivity index (χ1v) is 10.6. The molecule has 1 aliphatic rings. The van der Waals surface area contributed by atoms with Crippen LogP contribution in [0.15, 0.2) is 48.5 Å². The summed E-state index contributed by atoms with van der Waals surface area (Å²) in [6.07, 6.45) is 0.611. The average Bonchev–Trinajstić information content (AvgIpc) is 3.09. The van der Waals surface area contributed by atoms with E-state index in [1.807, 2.05) is 11.8 Å². The van der Waals surface area contributed by atoms with Gasteiger partial charge in [-0.25, -0.2) is 9.37 Å². The van der Waals surface area contributed by atoms with Crippen LogP contribution in [0.2, 0.25) is 0 Å². The number of benzene rings is 2. The van der Waals surface area contributed by atoms with Crippen LogP contribution in [-0.4, -0.2) is 42.0 Å². The molecule has 150 valence electrons. The fourth-order valence-electron chi connectivity index (χ4n) is 3.64.